The second-order valence-corrected chi connectivity index (χ2v) is 4.56. The first-order valence-electron chi connectivity index (χ1n) is 5.67. The summed E-state index contributed by atoms with van der Waals surface area (Å²) in [5.74, 6) is -2.19. The number of hydrogen-bond acceptors (Lipinski definition) is 2. The SMILES string of the molecule is O=C(O)c1ccc(F)c(CNc2cc(F)cc(Cl)c2)c1. The molecule has 20 heavy (non-hydrogen) atoms. The minimum Gasteiger partial charge on any atom is -0.478 e. The quantitative estimate of drug-likeness (QED) is 0.899. The van der Waals surface area contributed by atoms with Crippen LogP contribution in [0.3, 0.4) is 0 Å². The Bertz CT molecular complexity index is 641. The maximum absolute atomic E-state index is 13.6. The third kappa shape index (κ3) is 3.45. The Hall–Kier alpha value is -2.14. The summed E-state index contributed by atoms with van der Waals surface area (Å²) in [7, 11) is 0. The van der Waals surface area contributed by atoms with Gasteiger partial charge in [0.1, 0.15) is 11.6 Å². The summed E-state index contributed by atoms with van der Waals surface area (Å²) >= 11 is 5.70. The standard InChI is InChI=1S/C14H10ClF2NO2/c15-10-4-11(16)6-12(5-10)18-7-9-3-8(14(19)20)1-2-13(9)17/h1-6,18H,7H2,(H,19,20). The number of nitrogens with one attached hydrogen (secondary N) is 1. The molecule has 0 radical (unpaired) electrons. The second kappa shape index (κ2) is 5.88. The zero-order chi connectivity index (χ0) is 14.7. The van der Waals surface area contributed by atoms with Crippen molar-refractivity contribution in [2.75, 3.05) is 5.32 Å². The summed E-state index contributed by atoms with van der Waals surface area (Å²) in [6, 6.07) is 7.34. The highest BCUT2D eigenvalue weighted by atomic mass is 35.5. The molecule has 6 heteroatoms. The summed E-state index contributed by atoms with van der Waals surface area (Å²) in [6.07, 6.45) is 0. The van der Waals surface area contributed by atoms with E-state index >= 15 is 0 Å². The number of benzene rings is 2. The van der Waals surface area contributed by atoms with Gasteiger partial charge in [0.25, 0.3) is 0 Å². The van der Waals surface area contributed by atoms with Crippen LogP contribution in [0.1, 0.15) is 15.9 Å². The van der Waals surface area contributed by atoms with Gasteiger partial charge in [0.15, 0.2) is 0 Å². The molecule has 3 nitrogen and oxygen atoms in total. The van der Waals surface area contributed by atoms with E-state index in [1.807, 2.05) is 0 Å². The van der Waals surface area contributed by atoms with Crippen molar-refractivity contribution in [3.8, 4) is 0 Å². The first-order chi connectivity index (χ1) is 9.45. The van der Waals surface area contributed by atoms with E-state index in [2.05, 4.69) is 5.32 Å². The predicted molar refractivity (Wildman–Crippen MR) is 72.1 cm³/mol. The van der Waals surface area contributed by atoms with E-state index < -0.39 is 17.6 Å². The van der Waals surface area contributed by atoms with Crippen molar-refractivity contribution in [2.24, 2.45) is 0 Å². The number of hydrogen-bond donors (Lipinski definition) is 2. The molecule has 0 saturated heterocycles. The van der Waals surface area contributed by atoms with E-state index in [-0.39, 0.29) is 22.7 Å². The van der Waals surface area contributed by atoms with Gasteiger partial charge in [-0.2, -0.15) is 0 Å². The van der Waals surface area contributed by atoms with Gasteiger partial charge < -0.3 is 10.4 Å². The van der Waals surface area contributed by atoms with Crippen LogP contribution in [-0.2, 0) is 6.54 Å². The molecule has 104 valence electrons. The first-order valence-corrected chi connectivity index (χ1v) is 6.05. The molecular weight excluding hydrogens is 288 g/mol. The number of halogens is 3. The van der Waals surface area contributed by atoms with Crippen molar-refractivity contribution in [3.63, 3.8) is 0 Å². The fraction of sp³-hybridized carbons (Fsp3) is 0.0714. The minimum atomic E-state index is -1.14. The van der Waals surface area contributed by atoms with Gasteiger partial charge in [-0.25, -0.2) is 13.6 Å². The highest BCUT2D eigenvalue weighted by Gasteiger charge is 2.08. The molecule has 0 aliphatic rings. The van der Waals surface area contributed by atoms with Crippen molar-refractivity contribution in [3.05, 3.63) is 64.2 Å². The third-order valence-electron chi connectivity index (χ3n) is 2.64. The second-order valence-electron chi connectivity index (χ2n) is 4.12. The van der Waals surface area contributed by atoms with E-state index in [0.717, 1.165) is 12.1 Å². The monoisotopic (exact) mass is 297 g/mol. The topological polar surface area (TPSA) is 49.3 Å². The maximum atomic E-state index is 13.6. The van der Waals surface area contributed by atoms with Crippen molar-refractivity contribution in [1.82, 2.24) is 0 Å². The number of carboxylic acid groups (broad SMARTS) is 1. The average molecular weight is 298 g/mol. The van der Waals surface area contributed by atoms with Crippen LogP contribution in [0.2, 0.25) is 5.02 Å². The molecule has 2 aromatic carbocycles. The molecule has 0 fully saturated rings. The zero-order valence-corrected chi connectivity index (χ0v) is 10.9. The molecular formula is C14H10ClF2NO2. The van der Waals surface area contributed by atoms with Gasteiger partial charge in [-0.05, 0) is 36.4 Å². The lowest BCUT2D eigenvalue weighted by atomic mass is 10.1. The summed E-state index contributed by atoms with van der Waals surface area (Å²) < 4.78 is 26.7. The fourth-order valence-electron chi connectivity index (χ4n) is 1.70. The minimum absolute atomic E-state index is 0.0134. The molecule has 2 aromatic rings. The first kappa shape index (κ1) is 14.3. The van der Waals surface area contributed by atoms with Crippen molar-refractivity contribution in [2.45, 2.75) is 6.54 Å². The lowest BCUT2D eigenvalue weighted by molar-refractivity contribution is 0.0696. The van der Waals surface area contributed by atoms with Crippen LogP contribution < -0.4 is 5.32 Å². The number of carboxylic acids is 1. The van der Waals surface area contributed by atoms with E-state index in [9.17, 15) is 13.6 Å². The molecule has 2 N–H and O–H groups in total. The highest BCUT2D eigenvalue weighted by molar-refractivity contribution is 6.30. The largest absolute Gasteiger partial charge is 0.478 e. The Morgan fingerprint density at radius 1 is 1.20 bits per heavy atom. The summed E-state index contributed by atoms with van der Waals surface area (Å²) in [5, 5.41) is 11.9. The van der Waals surface area contributed by atoms with Crippen LogP contribution in [0, 0.1) is 11.6 Å². The van der Waals surface area contributed by atoms with Crippen molar-refractivity contribution >= 4 is 23.3 Å². The molecule has 0 aliphatic heterocycles. The molecule has 0 saturated carbocycles. The Labute approximate surface area is 118 Å². The lowest BCUT2D eigenvalue weighted by Gasteiger charge is -2.09. The number of rotatable bonds is 4. The maximum Gasteiger partial charge on any atom is 0.335 e. The number of anilines is 1. The molecule has 2 rings (SSSR count). The Morgan fingerprint density at radius 2 is 1.95 bits per heavy atom. The van der Waals surface area contributed by atoms with Gasteiger partial charge in [0.2, 0.25) is 0 Å². The highest BCUT2D eigenvalue weighted by Crippen LogP contribution is 2.19. The van der Waals surface area contributed by atoms with Crippen LogP contribution in [-0.4, -0.2) is 11.1 Å². The third-order valence-corrected chi connectivity index (χ3v) is 2.86. The van der Waals surface area contributed by atoms with Gasteiger partial charge in [-0.3, -0.25) is 0 Å². The van der Waals surface area contributed by atoms with Crippen LogP contribution >= 0.6 is 11.6 Å². The van der Waals surface area contributed by atoms with Gasteiger partial charge in [0, 0.05) is 22.8 Å². The van der Waals surface area contributed by atoms with Crippen LogP contribution in [0.15, 0.2) is 36.4 Å². The predicted octanol–water partition coefficient (Wildman–Crippen LogP) is 3.93. The van der Waals surface area contributed by atoms with Crippen molar-refractivity contribution < 1.29 is 18.7 Å². The van der Waals surface area contributed by atoms with E-state index in [4.69, 9.17) is 16.7 Å². The average Bonchev–Trinajstić information content (AvgIpc) is 2.36. The van der Waals surface area contributed by atoms with Gasteiger partial charge in [-0.15, -0.1) is 0 Å². The molecule has 0 aliphatic carbocycles. The molecule has 0 amide bonds. The Morgan fingerprint density at radius 3 is 2.60 bits per heavy atom. The van der Waals surface area contributed by atoms with Crippen LogP contribution in [0.5, 0.6) is 0 Å². The van der Waals surface area contributed by atoms with Crippen LogP contribution in [0.25, 0.3) is 0 Å². The molecule has 0 bridgehead atoms. The summed E-state index contributed by atoms with van der Waals surface area (Å²) in [6.45, 7) is 0.0206. The zero-order valence-electron chi connectivity index (χ0n) is 10.2. The van der Waals surface area contributed by atoms with E-state index in [1.165, 1.54) is 24.3 Å². The molecule has 0 heterocycles. The van der Waals surface area contributed by atoms with Gasteiger partial charge in [0.05, 0.1) is 5.56 Å². The van der Waals surface area contributed by atoms with Crippen molar-refractivity contribution in [1.29, 1.82) is 0 Å². The molecule has 0 aromatic heterocycles. The fourth-order valence-corrected chi connectivity index (χ4v) is 1.92. The van der Waals surface area contributed by atoms with Gasteiger partial charge >= 0.3 is 5.97 Å². The normalized spacial score (nSPS) is 10.3. The lowest BCUT2D eigenvalue weighted by Crippen LogP contribution is -2.05. The summed E-state index contributed by atoms with van der Waals surface area (Å²) in [5.41, 5.74) is 0.542. The molecule has 0 atom stereocenters. The van der Waals surface area contributed by atoms with E-state index in [0.29, 0.717) is 5.69 Å². The molecule has 0 spiro atoms. The number of carbonyl (C=O) groups is 1. The smallest absolute Gasteiger partial charge is 0.335 e. The Kier molecular flexibility index (Phi) is 4.20. The molecule has 0 unspecified atom stereocenters. The van der Waals surface area contributed by atoms with Crippen LogP contribution in [0.4, 0.5) is 14.5 Å². The van der Waals surface area contributed by atoms with Gasteiger partial charge in [-0.1, -0.05) is 11.6 Å². The van der Waals surface area contributed by atoms with E-state index in [1.54, 1.807) is 0 Å². The Balaban J connectivity index is 2.18. The number of aromatic carboxylic acids is 1. The summed E-state index contributed by atoms with van der Waals surface area (Å²) in [4.78, 5) is 10.8.